The van der Waals surface area contributed by atoms with Crippen molar-refractivity contribution in [1.29, 1.82) is 0 Å². The number of anilines is 1. The molecular formula is C16H23ClN2O. The fourth-order valence-corrected chi connectivity index (χ4v) is 3.18. The summed E-state index contributed by atoms with van der Waals surface area (Å²) in [6.45, 7) is 5.02. The molecule has 1 aromatic carbocycles. The summed E-state index contributed by atoms with van der Waals surface area (Å²) in [5.74, 6) is 0.414. The van der Waals surface area contributed by atoms with Gasteiger partial charge in [0.05, 0.1) is 10.6 Å². The molecule has 0 unspecified atom stereocenters. The van der Waals surface area contributed by atoms with Crippen molar-refractivity contribution >= 4 is 23.2 Å². The van der Waals surface area contributed by atoms with E-state index in [2.05, 4.69) is 13.8 Å². The van der Waals surface area contributed by atoms with Gasteiger partial charge >= 0.3 is 0 Å². The molecule has 1 saturated carbocycles. The van der Waals surface area contributed by atoms with Gasteiger partial charge in [-0.05, 0) is 30.9 Å². The SMILES string of the molecule is CC(C)CN(C(=O)c1c(N)cccc1Cl)C1CCCC1. The maximum Gasteiger partial charge on any atom is 0.257 e. The molecule has 0 aliphatic heterocycles. The zero-order chi connectivity index (χ0) is 14.7. The van der Waals surface area contributed by atoms with Crippen molar-refractivity contribution < 1.29 is 4.79 Å². The molecule has 3 nitrogen and oxygen atoms in total. The number of carbonyl (C=O) groups is 1. The minimum Gasteiger partial charge on any atom is -0.398 e. The van der Waals surface area contributed by atoms with Crippen LogP contribution in [0.5, 0.6) is 0 Å². The van der Waals surface area contributed by atoms with Crippen molar-refractivity contribution in [1.82, 2.24) is 4.90 Å². The first kappa shape index (κ1) is 15.2. The van der Waals surface area contributed by atoms with Crippen LogP contribution in [0.3, 0.4) is 0 Å². The number of amides is 1. The van der Waals surface area contributed by atoms with Gasteiger partial charge in [-0.1, -0.05) is 44.4 Å². The quantitative estimate of drug-likeness (QED) is 0.854. The number of rotatable bonds is 4. The smallest absolute Gasteiger partial charge is 0.257 e. The fourth-order valence-electron chi connectivity index (χ4n) is 2.92. The van der Waals surface area contributed by atoms with E-state index in [4.69, 9.17) is 17.3 Å². The second kappa shape index (κ2) is 6.49. The van der Waals surface area contributed by atoms with Crippen LogP contribution in [0, 0.1) is 5.92 Å². The summed E-state index contributed by atoms with van der Waals surface area (Å²) in [7, 11) is 0. The number of hydrogen-bond donors (Lipinski definition) is 1. The monoisotopic (exact) mass is 294 g/mol. The molecule has 0 spiro atoms. The molecular weight excluding hydrogens is 272 g/mol. The molecule has 1 fully saturated rings. The molecule has 0 heterocycles. The van der Waals surface area contributed by atoms with Crippen LogP contribution >= 0.6 is 11.6 Å². The van der Waals surface area contributed by atoms with Gasteiger partial charge < -0.3 is 10.6 Å². The highest BCUT2D eigenvalue weighted by atomic mass is 35.5. The van der Waals surface area contributed by atoms with Gasteiger partial charge in [0, 0.05) is 18.3 Å². The van der Waals surface area contributed by atoms with Crippen LogP contribution in [-0.2, 0) is 0 Å². The zero-order valence-electron chi connectivity index (χ0n) is 12.2. The summed E-state index contributed by atoms with van der Waals surface area (Å²) in [4.78, 5) is 14.9. The molecule has 2 rings (SSSR count). The van der Waals surface area contributed by atoms with Gasteiger partial charge in [0.15, 0.2) is 0 Å². The van der Waals surface area contributed by atoms with Crippen molar-refractivity contribution in [2.24, 2.45) is 5.92 Å². The first-order valence-electron chi connectivity index (χ1n) is 7.35. The first-order valence-corrected chi connectivity index (χ1v) is 7.73. The van der Waals surface area contributed by atoms with Crippen molar-refractivity contribution in [2.75, 3.05) is 12.3 Å². The number of hydrogen-bond acceptors (Lipinski definition) is 2. The number of nitrogens with zero attached hydrogens (tertiary/aromatic N) is 1. The number of nitrogen functional groups attached to an aromatic ring is 1. The van der Waals surface area contributed by atoms with Crippen molar-refractivity contribution in [3.05, 3.63) is 28.8 Å². The Hall–Kier alpha value is -1.22. The molecule has 110 valence electrons. The van der Waals surface area contributed by atoms with E-state index < -0.39 is 0 Å². The third kappa shape index (κ3) is 3.26. The summed E-state index contributed by atoms with van der Waals surface area (Å²) >= 11 is 6.18. The Morgan fingerprint density at radius 3 is 2.60 bits per heavy atom. The number of carbonyl (C=O) groups excluding carboxylic acids is 1. The van der Waals surface area contributed by atoms with Crippen molar-refractivity contribution in [2.45, 2.75) is 45.6 Å². The van der Waals surface area contributed by atoms with E-state index in [0.717, 1.165) is 19.4 Å². The predicted octanol–water partition coefficient (Wildman–Crippen LogP) is 3.96. The molecule has 1 aliphatic rings. The summed E-state index contributed by atoms with van der Waals surface area (Å²) < 4.78 is 0. The van der Waals surface area contributed by atoms with Crippen LogP contribution in [0.4, 0.5) is 5.69 Å². The maximum atomic E-state index is 12.9. The third-order valence-corrected chi connectivity index (χ3v) is 4.16. The molecule has 4 heteroatoms. The topological polar surface area (TPSA) is 46.3 Å². The second-order valence-corrected chi connectivity index (χ2v) is 6.40. The van der Waals surface area contributed by atoms with E-state index in [1.807, 2.05) is 4.90 Å². The van der Waals surface area contributed by atoms with E-state index in [0.29, 0.717) is 28.2 Å². The third-order valence-electron chi connectivity index (χ3n) is 3.85. The Kier molecular flexibility index (Phi) is 4.92. The van der Waals surface area contributed by atoms with Crippen LogP contribution in [0.2, 0.25) is 5.02 Å². The largest absolute Gasteiger partial charge is 0.398 e. The minimum absolute atomic E-state index is 0.0197. The second-order valence-electron chi connectivity index (χ2n) is 5.99. The minimum atomic E-state index is -0.0197. The molecule has 1 aliphatic carbocycles. The van der Waals surface area contributed by atoms with E-state index >= 15 is 0 Å². The summed E-state index contributed by atoms with van der Waals surface area (Å²) in [5, 5.41) is 0.446. The van der Waals surface area contributed by atoms with E-state index in [1.165, 1.54) is 12.8 Å². The molecule has 0 bridgehead atoms. The Morgan fingerprint density at radius 2 is 2.05 bits per heavy atom. The molecule has 1 amide bonds. The normalized spacial score (nSPS) is 15.8. The Balaban J connectivity index is 2.30. The highest BCUT2D eigenvalue weighted by molar-refractivity contribution is 6.34. The molecule has 0 radical (unpaired) electrons. The van der Waals surface area contributed by atoms with Crippen LogP contribution < -0.4 is 5.73 Å². The van der Waals surface area contributed by atoms with E-state index in [9.17, 15) is 4.79 Å². The highest BCUT2D eigenvalue weighted by Crippen LogP contribution is 2.29. The van der Waals surface area contributed by atoms with Gasteiger partial charge in [0.1, 0.15) is 0 Å². The molecule has 2 N–H and O–H groups in total. The van der Waals surface area contributed by atoms with Gasteiger partial charge in [0.25, 0.3) is 5.91 Å². The van der Waals surface area contributed by atoms with Gasteiger partial charge in [-0.25, -0.2) is 0 Å². The van der Waals surface area contributed by atoms with Crippen LogP contribution in [0.1, 0.15) is 49.9 Å². The number of benzene rings is 1. The van der Waals surface area contributed by atoms with Gasteiger partial charge in [-0.2, -0.15) is 0 Å². The van der Waals surface area contributed by atoms with Crippen LogP contribution in [-0.4, -0.2) is 23.4 Å². The molecule has 1 aromatic rings. The highest BCUT2D eigenvalue weighted by Gasteiger charge is 2.29. The zero-order valence-corrected chi connectivity index (χ0v) is 13.0. The average Bonchev–Trinajstić information content (AvgIpc) is 2.88. The molecule has 0 saturated heterocycles. The lowest BCUT2D eigenvalue weighted by atomic mass is 10.1. The first-order chi connectivity index (χ1) is 9.50. The molecule has 20 heavy (non-hydrogen) atoms. The Bertz CT molecular complexity index is 461. The van der Waals surface area contributed by atoms with Gasteiger partial charge in [0.2, 0.25) is 0 Å². The summed E-state index contributed by atoms with van der Waals surface area (Å²) in [6, 6.07) is 5.58. The standard InChI is InChI=1S/C16H23ClN2O/c1-11(2)10-19(12-6-3-4-7-12)16(20)15-13(17)8-5-9-14(15)18/h5,8-9,11-12H,3-4,6-7,10,18H2,1-2H3. The number of halogens is 1. The molecule has 0 aromatic heterocycles. The van der Waals surface area contributed by atoms with Gasteiger partial charge in [-0.15, -0.1) is 0 Å². The lowest BCUT2D eigenvalue weighted by Gasteiger charge is -2.31. The lowest BCUT2D eigenvalue weighted by molar-refractivity contribution is 0.0657. The van der Waals surface area contributed by atoms with Crippen molar-refractivity contribution in [3.63, 3.8) is 0 Å². The number of nitrogens with two attached hydrogens (primary N) is 1. The van der Waals surface area contributed by atoms with Crippen LogP contribution in [0.25, 0.3) is 0 Å². The Labute approximate surface area is 126 Å². The summed E-state index contributed by atoms with van der Waals surface area (Å²) in [6.07, 6.45) is 4.57. The van der Waals surface area contributed by atoms with E-state index in [1.54, 1.807) is 18.2 Å². The van der Waals surface area contributed by atoms with E-state index in [-0.39, 0.29) is 5.91 Å². The van der Waals surface area contributed by atoms with Crippen LogP contribution in [0.15, 0.2) is 18.2 Å². The fraction of sp³-hybridized carbons (Fsp3) is 0.562. The summed E-state index contributed by atoms with van der Waals surface area (Å²) in [5.41, 5.74) is 6.88. The predicted molar refractivity (Wildman–Crippen MR) is 84.0 cm³/mol. The van der Waals surface area contributed by atoms with Crippen molar-refractivity contribution in [3.8, 4) is 0 Å². The van der Waals surface area contributed by atoms with Gasteiger partial charge in [-0.3, -0.25) is 4.79 Å². The average molecular weight is 295 g/mol. The lowest BCUT2D eigenvalue weighted by Crippen LogP contribution is -2.41. The maximum absolute atomic E-state index is 12.9. The Morgan fingerprint density at radius 1 is 1.40 bits per heavy atom. The molecule has 0 atom stereocenters.